The zero-order chi connectivity index (χ0) is 17.5. The fourth-order valence-corrected chi connectivity index (χ4v) is 2.93. The first-order valence-corrected chi connectivity index (χ1v) is 8.64. The minimum absolute atomic E-state index is 0.309. The van der Waals surface area contributed by atoms with Crippen LogP contribution in [0.1, 0.15) is 42.5 Å². The summed E-state index contributed by atoms with van der Waals surface area (Å²) in [5.74, 6) is -0.694. The van der Waals surface area contributed by atoms with Gasteiger partial charge in [-0.15, -0.1) is 0 Å². The van der Waals surface area contributed by atoms with Crippen molar-refractivity contribution in [1.82, 2.24) is 4.98 Å². The van der Waals surface area contributed by atoms with E-state index in [1.807, 2.05) is 0 Å². The van der Waals surface area contributed by atoms with Crippen LogP contribution < -0.4 is 10.6 Å². The van der Waals surface area contributed by atoms with E-state index in [1.165, 1.54) is 49.6 Å². The number of carbonyl (C=O) groups excluding carboxylic acids is 1. The van der Waals surface area contributed by atoms with Crippen LogP contribution >= 0.6 is 0 Å². The Balaban J connectivity index is 1.56. The van der Waals surface area contributed by atoms with Crippen molar-refractivity contribution in [2.24, 2.45) is 0 Å². The van der Waals surface area contributed by atoms with E-state index >= 15 is 0 Å². The highest BCUT2D eigenvalue weighted by molar-refractivity contribution is 6.04. The minimum Gasteiger partial charge on any atom is -0.383 e. The van der Waals surface area contributed by atoms with E-state index < -0.39 is 0 Å². The number of pyridine rings is 1. The second-order valence-electron chi connectivity index (χ2n) is 6.21. The third-order valence-corrected chi connectivity index (χ3v) is 4.24. The summed E-state index contributed by atoms with van der Waals surface area (Å²) in [6.07, 6.45) is 11.5. The van der Waals surface area contributed by atoms with Crippen molar-refractivity contribution in [2.75, 3.05) is 17.2 Å². The Morgan fingerprint density at radius 3 is 2.88 bits per heavy atom. The first-order valence-electron chi connectivity index (χ1n) is 8.64. The lowest BCUT2D eigenvalue weighted by Crippen LogP contribution is -2.13. The number of benzene rings is 1. The lowest BCUT2D eigenvalue weighted by molar-refractivity contribution is 0.102. The van der Waals surface area contributed by atoms with Gasteiger partial charge in [0.15, 0.2) is 0 Å². The Kier molecular flexibility index (Phi) is 5.77. The third-order valence-electron chi connectivity index (χ3n) is 4.24. The highest BCUT2D eigenvalue weighted by atomic mass is 19.1. The Morgan fingerprint density at radius 2 is 2.08 bits per heavy atom. The molecule has 130 valence electrons. The molecule has 25 heavy (non-hydrogen) atoms. The number of carbonyl (C=O) groups is 1. The van der Waals surface area contributed by atoms with Crippen molar-refractivity contribution >= 4 is 17.3 Å². The van der Waals surface area contributed by atoms with E-state index in [0.717, 1.165) is 18.7 Å². The molecule has 0 bridgehead atoms. The molecule has 0 fully saturated rings. The number of anilines is 2. The molecule has 0 atom stereocenters. The highest BCUT2D eigenvalue weighted by Crippen LogP contribution is 2.20. The van der Waals surface area contributed by atoms with E-state index in [1.54, 1.807) is 24.4 Å². The van der Waals surface area contributed by atoms with Gasteiger partial charge in [0.05, 0.1) is 11.3 Å². The predicted molar refractivity (Wildman–Crippen MR) is 98.2 cm³/mol. The molecule has 1 aliphatic rings. The van der Waals surface area contributed by atoms with E-state index in [2.05, 4.69) is 21.7 Å². The smallest absolute Gasteiger partial charge is 0.257 e. The van der Waals surface area contributed by atoms with Gasteiger partial charge in [0.2, 0.25) is 0 Å². The molecule has 0 saturated carbocycles. The fourth-order valence-electron chi connectivity index (χ4n) is 2.93. The van der Waals surface area contributed by atoms with Crippen LogP contribution in [0.5, 0.6) is 0 Å². The maximum Gasteiger partial charge on any atom is 0.257 e. The van der Waals surface area contributed by atoms with Crippen molar-refractivity contribution < 1.29 is 9.18 Å². The van der Waals surface area contributed by atoms with Gasteiger partial charge < -0.3 is 10.6 Å². The molecular formula is C20H22FN3O. The standard InChI is InChI=1S/C20H22FN3O/c21-17-7-4-8-18(12-17)24-20(25)16-11-19(14-22-13-16)23-10-9-15-5-2-1-3-6-15/h4-5,7-8,11-14,23H,1-3,6,9-10H2,(H,24,25). The van der Waals surface area contributed by atoms with Crippen molar-refractivity contribution in [1.29, 1.82) is 0 Å². The maximum atomic E-state index is 13.2. The SMILES string of the molecule is O=C(Nc1cccc(F)c1)c1cncc(NCCC2=CCCCC2)c1. The number of allylic oxidation sites excluding steroid dienone is 1. The molecule has 1 amide bonds. The van der Waals surface area contributed by atoms with Gasteiger partial charge in [-0.1, -0.05) is 17.7 Å². The maximum absolute atomic E-state index is 13.2. The molecule has 2 aromatic rings. The summed E-state index contributed by atoms with van der Waals surface area (Å²) in [5, 5.41) is 6.00. The molecule has 4 nitrogen and oxygen atoms in total. The zero-order valence-electron chi connectivity index (χ0n) is 14.1. The number of aromatic nitrogens is 1. The van der Waals surface area contributed by atoms with Crippen LogP contribution in [0, 0.1) is 5.82 Å². The minimum atomic E-state index is -0.386. The molecule has 0 unspecified atom stereocenters. The van der Waals surface area contributed by atoms with Crippen LogP contribution in [-0.4, -0.2) is 17.4 Å². The molecule has 2 N–H and O–H groups in total. The summed E-state index contributed by atoms with van der Waals surface area (Å²) in [7, 11) is 0. The molecule has 1 aromatic carbocycles. The van der Waals surface area contributed by atoms with Gasteiger partial charge in [-0.3, -0.25) is 9.78 Å². The summed E-state index contributed by atoms with van der Waals surface area (Å²) in [6.45, 7) is 0.822. The van der Waals surface area contributed by atoms with Gasteiger partial charge in [0.25, 0.3) is 5.91 Å². The summed E-state index contributed by atoms with van der Waals surface area (Å²) < 4.78 is 13.2. The van der Waals surface area contributed by atoms with Gasteiger partial charge in [-0.05, 0) is 56.4 Å². The zero-order valence-corrected chi connectivity index (χ0v) is 14.1. The second kappa shape index (κ2) is 8.42. The van der Waals surface area contributed by atoms with Gasteiger partial charge in [-0.2, -0.15) is 0 Å². The van der Waals surface area contributed by atoms with Crippen molar-refractivity contribution in [2.45, 2.75) is 32.1 Å². The fraction of sp³-hybridized carbons (Fsp3) is 0.300. The molecular weight excluding hydrogens is 317 g/mol. The molecule has 5 heteroatoms. The van der Waals surface area contributed by atoms with E-state index in [4.69, 9.17) is 0 Å². The average molecular weight is 339 g/mol. The Labute approximate surface area is 147 Å². The van der Waals surface area contributed by atoms with Crippen molar-refractivity contribution in [3.8, 4) is 0 Å². The van der Waals surface area contributed by atoms with Crippen LogP contribution in [0.4, 0.5) is 15.8 Å². The Bertz CT molecular complexity index is 773. The van der Waals surface area contributed by atoms with E-state index in [9.17, 15) is 9.18 Å². The van der Waals surface area contributed by atoms with Crippen molar-refractivity contribution in [3.63, 3.8) is 0 Å². The molecule has 0 saturated heterocycles. The van der Waals surface area contributed by atoms with Gasteiger partial charge in [-0.25, -0.2) is 4.39 Å². The largest absolute Gasteiger partial charge is 0.383 e. The van der Waals surface area contributed by atoms with E-state index in [0.29, 0.717) is 11.3 Å². The monoisotopic (exact) mass is 339 g/mol. The number of nitrogens with zero attached hydrogens (tertiary/aromatic N) is 1. The number of amides is 1. The van der Waals surface area contributed by atoms with Crippen LogP contribution in [0.3, 0.4) is 0 Å². The van der Waals surface area contributed by atoms with Crippen LogP contribution in [0.2, 0.25) is 0 Å². The number of rotatable bonds is 6. The summed E-state index contributed by atoms with van der Waals surface area (Å²) in [5.41, 5.74) is 3.17. The van der Waals surface area contributed by atoms with Crippen LogP contribution in [0.15, 0.2) is 54.4 Å². The number of nitrogens with one attached hydrogen (secondary N) is 2. The Hall–Kier alpha value is -2.69. The average Bonchev–Trinajstić information content (AvgIpc) is 2.63. The molecule has 1 aliphatic carbocycles. The summed E-state index contributed by atoms with van der Waals surface area (Å²) >= 11 is 0. The highest BCUT2D eigenvalue weighted by Gasteiger charge is 2.08. The summed E-state index contributed by atoms with van der Waals surface area (Å²) in [4.78, 5) is 16.4. The molecule has 0 aliphatic heterocycles. The third kappa shape index (κ3) is 5.14. The molecule has 3 rings (SSSR count). The van der Waals surface area contributed by atoms with Gasteiger partial charge in [0.1, 0.15) is 5.82 Å². The Morgan fingerprint density at radius 1 is 1.16 bits per heavy atom. The van der Waals surface area contributed by atoms with E-state index in [-0.39, 0.29) is 11.7 Å². The lowest BCUT2D eigenvalue weighted by atomic mass is 9.97. The predicted octanol–water partition coefficient (Wildman–Crippen LogP) is 4.78. The first kappa shape index (κ1) is 17.1. The van der Waals surface area contributed by atoms with Crippen LogP contribution in [-0.2, 0) is 0 Å². The van der Waals surface area contributed by atoms with Crippen molar-refractivity contribution in [3.05, 3.63) is 65.8 Å². The lowest BCUT2D eigenvalue weighted by Gasteiger charge is -2.13. The quantitative estimate of drug-likeness (QED) is 0.745. The second-order valence-corrected chi connectivity index (χ2v) is 6.21. The molecule has 0 spiro atoms. The number of halogens is 1. The molecule has 0 radical (unpaired) electrons. The first-order chi connectivity index (χ1) is 12.2. The van der Waals surface area contributed by atoms with Crippen LogP contribution in [0.25, 0.3) is 0 Å². The summed E-state index contributed by atoms with van der Waals surface area (Å²) in [6, 6.07) is 7.58. The number of hydrogen-bond donors (Lipinski definition) is 2. The van der Waals surface area contributed by atoms with Gasteiger partial charge in [0, 0.05) is 24.6 Å². The van der Waals surface area contributed by atoms with Gasteiger partial charge >= 0.3 is 0 Å². The topological polar surface area (TPSA) is 54.0 Å². The molecule has 1 aromatic heterocycles. The normalized spacial score (nSPS) is 13.9. The molecule has 1 heterocycles. The number of hydrogen-bond acceptors (Lipinski definition) is 3.